The van der Waals surface area contributed by atoms with E-state index in [-0.39, 0.29) is 5.91 Å². The predicted octanol–water partition coefficient (Wildman–Crippen LogP) is 3.06. The normalized spacial score (nSPS) is 15.8. The molecule has 0 bridgehead atoms. The van der Waals surface area contributed by atoms with Gasteiger partial charge in [-0.3, -0.25) is 4.79 Å². The molecule has 3 unspecified atom stereocenters. The molecule has 0 aliphatic carbocycles. The fraction of sp³-hybridized carbons (Fsp3) is 0.562. The summed E-state index contributed by atoms with van der Waals surface area (Å²) in [7, 11) is 0. The number of aliphatic hydroxyl groups excluding tert-OH is 1. The largest absolute Gasteiger partial charge is 0.416 e. The van der Waals surface area contributed by atoms with E-state index in [1.54, 1.807) is 20.8 Å². The van der Waals surface area contributed by atoms with Crippen molar-refractivity contribution in [3.63, 3.8) is 0 Å². The topological polar surface area (TPSA) is 58.6 Å². The molecule has 3 atom stereocenters. The van der Waals surface area contributed by atoms with Crippen LogP contribution in [0.4, 0.5) is 13.2 Å². The Labute approximate surface area is 133 Å². The quantitative estimate of drug-likeness (QED) is 0.806. The van der Waals surface area contributed by atoms with Crippen LogP contribution in [0.5, 0.6) is 0 Å². The molecule has 0 aliphatic heterocycles. The number of carbonyl (C=O) groups excluding carboxylic acids is 1. The smallest absolute Gasteiger partial charge is 0.386 e. The molecule has 130 valence electrons. The molecule has 0 radical (unpaired) electrons. The second-order valence-corrected chi connectivity index (χ2v) is 5.19. The van der Waals surface area contributed by atoms with Crippen LogP contribution in [-0.2, 0) is 15.7 Å². The summed E-state index contributed by atoms with van der Waals surface area (Å²) in [6, 6.07) is 3.65. The van der Waals surface area contributed by atoms with Gasteiger partial charge in [0.15, 0.2) is 0 Å². The van der Waals surface area contributed by atoms with E-state index in [4.69, 9.17) is 4.74 Å². The molecule has 0 spiro atoms. The van der Waals surface area contributed by atoms with Crippen molar-refractivity contribution in [2.24, 2.45) is 0 Å². The Morgan fingerprint density at radius 3 is 2.26 bits per heavy atom. The van der Waals surface area contributed by atoms with Gasteiger partial charge in [-0.1, -0.05) is 19.1 Å². The molecule has 0 aliphatic rings. The van der Waals surface area contributed by atoms with Crippen molar-refractivity contribution >= 4 is 5.91 Å². The maximum atomic E-state index is 12.5. The minimum atomic E-state index is -4.42. The SMILES string of the molecule is CCOC(C)C(=O)NC(CC)C(O)c1ccc(C(F)(F)F)cc1. The van der Waals surface area contributed by atoms with Crippen LogP contribution in [0.1, 0.15) is 44.4 Å². The molecule has 1 amide bonds. The lowest BCUT2D eigenvalue weighted by Gasteiger charge is -2.25. The highest BCUT2D eigenvalue weighted by molar-refractivity contribution is 5.80. The van der Waals surface area contributed by atoms with Crippen LogP contribution in [0, 0.1) is 0 Å². The van der Waals surface area contributed by atoms with Crippen LogP contribution in [0.25, 0.3) is 0 Å². The molecule has 4 nitrogen and oxygen atoms in total. The highest BCUT2D eigenvalue weighted by Crippen LogP contribution is 2.30. The second kappa shape index (κ2) is 8.31. The number of benzene rings is 1. The van der Waals surface area contributed by atoms with Crippen molar-refractivity contribution in [1.82, 2.24) is 5.32 Å². The van der Waals surface area contributed by atoms with Gasteiger partial charge >= 0.3 is 6.18 Å². The van der Waals surface area contributed by atoms with Crippen LogP contribution in [0.15, 0.2) is 24.3 Å². The number of aliphatic hydroxyl groups is 1. The van der Waals surface area contributed by atoms with Gasteiger partial charge in [0, 0.05) is 6.61 Å². The lowest BCUT2D eigenvalue weighted by molar-refractivity contribution is -0.137. The van der Waals surface area contributed by atoms with Crippen LogP contribution in [-0.4, -0.2) is 29.8 Å². The molecule has 7 heteroatoms. The van der Waals surface area contributed by atoms with Crippen LogP contribution >= 0.6 is 0 Å². The van der Waals surface area contributed by atoms with E-state index in [2.05, 4.69) is 5.32 Å². The van der Waals surface area contributed by atoms with E-state index < -0.39 is 30.0 Å². The summed E-state index contributed by atoms with van der Waals surface area (Å²) in [6.07, 6.45) is -5.75. The third-order valence-corrected chi connectivity index (χ3v) is 3.51. The monoisotopic (exact) mass is 333 g/mol. The molecule has 1 rings (SSSR count). The zero-order valence-corrected chi connectivity index (χ0v) is 13.4. The van der Waals surface area contributed by atoms with E-state index >= 15 is 0 Å². The molecular formula is C16H22F3NO3. The number of rotatable bonds is 7. The maximum absolute atomic E-state index is 12.5. The van der Waals surface area contributed by atoms with E-state index in [1.165, 1.54) is 12.1 Å². The standard InChI is InChI=1S/C16H22F3NO3/c1-4-13(20-15(22)10(3)23-5-2)14(21)11-6-8-12(9-7-11)16(17,18)19/h6-10,13-14,21H,4-5H2,1-3H3,(H,20,22). The zero-order valence-electron chi connectivity index (χ0n) is 13.4. The van der Waals surface area contributed by atoms with Gasteiger partial charge < -0.3 is 15.2 Å². The van der Waals surface area contributed by atoms with Crippen molar-refractivity contribution in [2.75, 3.05) is 6.61 Å². The lowest BCUT2D eigenvalue weighted by Crippen LogP contribution is -2.44. The van der Waals surface area contributed by atoms with Gasteiger partial charge in [-0.2, -0.15) is 13.2 Å². The van der Waals surface area contributed by atoms with Gasteiger partial charge in [-0.05, 0) is 38.0 Å². The Balaban J connectivity index is 2.80. The first-order valence-electron chi connectivity index (χ1n) is 7.47. The lowest BCUT2D eigenvalue weighted by atomic mass is 9.99. The molecule has 0 heterocycles. The summed E-state index contributed by atoms with van der Waals surface area (Å²) in [4.78, 5) is 11.9. The fourth-order valence-electron chi connectivity index (χ4n) is 2.13. The molecule has 0 saturated carbocycles. The molecule has 2 N–H and O–H groups in total. The van der Waals surface area contributed by atoms with Crippen LogP contribution in [0.3, 0.4) is 0 Å². The Morgan fingerprint density at radius 1 is 1.26 bits per heavy atom. The number of nitrogens with one attached hydrogen (secondary N) is 1. The molecule has 0 saturated heterocycles. The first kappa shape index (κ1) is 19.4. The minimum absolute atomic E-state index is 0.314. The highest BCUT2D eigenvalue weighted by Gasteiger charge is 2.31. The summed E-state index contributed by atoms with van der Waals surface area (Å²) in [5, 5.41) is 13.0. The number of ether oxygens (including phenoxy) is 1. The third-order valence-electron chi connectivity index (χ3n) is 3.51. The molecule has 23 heavy (non-hydrogen) atoms. The Bertz CT molecular complexity index is 502. The number of hydrogen-bond donors (Lipinski definition) is 2. The summed E-state index contributed by atoms with van der Waals surface area (Å²) in [5.41, 5.74) is -0.468. The van der Waals surface area contributed by atoms with Gasteiger partial charge in [0.2, 0.25) is 5.91 Å². The van der Waals surface area contributed by atoms with Gasteiger partial charge in [0.25, 0.3) is 0 Å². The Hall–Kier alpha value is -1.60. The predicted molar refractivity (Wildman–Crippen MR) is 79.7 cm³/mol. The van der Waals surface area contributed by atoms with E-state index in [1.807, 2.05) is 0 Å². The Kier molecular flexibility index (Phi) is 7.02. The van der Waals surface area contributed by atoms with Crippen LogP contribution in [0.2, 0.25) is 0 Å². The number of halogens is 3. The van der Waals surface area contributed by atoms with Gasteiger partial charge in [-0.25, -0.2) is 0 Å². The molecule has 0 aromatic heterocycles. The van der Waals surface area contributed by atoms with Crippen molar-refractivity contribution in [3.8, 4) is 0 Å². The summed E-state index contributed by atoms with van der Waals surface area (Å²) in [5.74, 6) is -0.371. The van der Waals surface area contributed by atoms with Crippen molar-refractivity contribution in [3.05, 3.63) is 35.4 Å². The van der Waals surface area contributed by atoms with Gasteiger partial charge in [-0.15, -0.1) is 0 Å². The van der Waals surface area contributed by atoms with E-state index in [0.29, 0.717) is 18.6 Å². The summed E-state index contributed by atoms with van der Waals surface area (Å²) < 4.78 is 42.8. The number of carbonyl (C=O) groups is 1. The third kappa shape index (κ3) is 5.51. The second-order valence-electron chi connectivity index (χ2n) is 5.19. The first-order chi connectivity index (χ1) is 10.7. The van der Waals surface area contributed by atoms with Crippen molar-refractivity contribution < 1.29 is 27.8 Å². The van der Waals surface area contributed by atoms with Crippen LogP contribution < -0.4 is 5.32 Å². The van der Waals surface area contributed by atoms with Crippen molar-refractivity contribution in [2.45, 2.75) is 51.6 Å². The minimum Gasteiger partial charge on any atom is -0.386 e. The van der Waals surface area contributed by atoms with Gasteiger partial charge in [0.1, 0.15) is 6.10 Å². The number of amides is 1. The molecule has 1 aromatic rings. The van der Waals surface area contributed by atoms with Crippen molar-refractivity contribution in [1.29, 1.82) is 0 Å². The van der Waals surface area contributed by atoms with E-state index in [0.717, 1.165) is 12.1 Å². The number of hydrogen-bond acceptors (Lipinski definition) is 3. The number of alkyl halides is 3. The zero-order chi connectivity index (χ0) is 17.6. The fourth-order valence-corrected chi connectivity index (χ4v) is 2.13. The summed E-state index contributed by atoms with van der Waals surface area (Å²) >= 11 is 0. The van der Waals surface area contributed by atoms with E-state index in [9.17, 15) is 23.1 Å². The Morgan fingerprint density at radius 2 is 1.83 bits per heavy atom. The maximum Gasteiger partial charge on any atom is 0.416 e. The molecule has 0 fully saturated rings. The first-order valence-corrected chi connectivity index (χ1v) is 7.47. The highest BCUT2D eigenvalue weighted by atomic mass is 19.4. The molecular weight excluding hydrogens is 311 g/mol. The average molecular weight is 333 g/mol. The van der Waals surface area contributed by atoms with Gasteiger partial charge in [0.05, 0.1) is 17.7 Å². The average Bonchev–Trinajstić information content (AvgIpc) is 2.51. The molecule has 1 aromatic carbocycles. The summed E-state index contributed by atoms with van der Waals surface area (Å²) in [6.45, 7) is 5.50.